The van der Waals surface area contributed by atoms with Gasteiger partial charge in [0.25, 0.3) is 0 Å². The molecule has 1 fully saturated rings. The van der Waals surface area contributed by atoms with Crippen LogP contribution in [0.2, 0.25) is 0 Å². The lowest BCUT2D eigenvalue weighted by Gasteiger charge is -2.30. The van der Waals surface area contributed by atoms with Gasteiger partial charge in [0.1, 0.15) is 11.6 Å². The summed E-state index contributed by atoms with van der Waals surface area (Å²) in [6, 6.07) is 7.17. The summed E-state index contributed by atoms with van der Waals surface area (Å²) >= 11 is 0. The fraction of sp³-hybridized carbons (Fsp3) is 0.300. The molecule has 3 rings (SSSR count). The summed E-state index contributed by atoms with van der Waals surface area (Å²) in [7, 11) is 0. The van der Waals surface area contributed by atoms with Crippen LogP contribution in [0.25, 0.3) is 23.5 Å². The number of rotatable bonds is 4. The second-order valence-corrected chi connectivity index (χ2v) is 6.35. The van der Waals surface area contributed by atoms with Gasteiger partial charge in [0.05, 0.1) is 11.3 Å². The van der Waals surface area contributed by atoms with Crippen LogP contribution in [0.4, 0.5) is 5.82 Å². The van der Waals surface area contributed by atoms with Crippen molar-refractivity contribution in [1.29, 1.82) is 0 Å². The number of nitrogens with one attached hydrogen (secondary N) is 1. The largest absolute Gasteiger partial charge is 0.507 e. The number of hydrogen-bond acceptors (Lipinski definition) is 5. The molecule has 1 aliphatic rings. The van der Waals surface area contributed by atoms with Crippen molar-refractivity contribution in [2.75, 3.05) is 31.1 Å². The first-order valence-corrected chi connectivity index (χ1v) is 8.53. The summed E-state index contributed by atoms with van der Waals surface area (Å²) in [4.78, 5) is 11.8. The van der Waals surface area contributed by atoms with E-state index in [0.717, 1.165) is 48.8 Å². The molecule has 1 aliphatic heterocycles. The quantitative estimate of drug-likeness (QED) is 0.897. The Labute approximate surface area is 148 Å². The molecule has 5 heteroatoms. The van der Waals surface area contributed by atoms with Gasteiger partial charge in [-0.25, -0.2) is 9.97 Å². The maximum atomic E-state index is 10.2. The first kappa shape index (κ1) is 17.2. The Balaban J connectivity index is 2.21. The smallest absolute Gasteiger partial charge is 0.165 e. The van der Waals surface area contributed by atoms with E-state index < -0.39 is 0 Å². The van der Waals surface area contributed by atoms with Gasteiger partial charge in [-0.2, -0.15) is 0 Å². The van der Waals surface area contributed by atoms with Gasteiger partial charge in [-0.05, 0) is 32.1 Å². The number of hydrogen-bond donors (Lipinski definition) is 2. The minimum atomic E-state index is 0.184. The van der Waals surface area contributed by atoms with Gasteiger partial charge in [0.2, 0.25) is 0 Å². The SMILES string of the molecule is C=Cc1c(C=C(C)C)nc(-c2ccccc2O)nc1N1CCNCC1. The van der Waals surface area contributed by atoms with Crippen molar-refractivity contribution in [3.05, 3.63) is 47.7 Å². The van der Waals surface area contributed by atoms with Crippen LogP contribution in [0.5, 0.6) is 5.75 Å². The van der Waals surface area contributed by atoms with Crippen molar-refractivity contribution in [2.45, 2.75) is 13.8 Å². The maximum Gasteiger partial charge on any atom is 0.165 e. The fourth-order valence-electron chi connectivity index (χ4n) is 2.95. The molecule has 5 nitrogen and oxygen atoms in total. The molecule has 1 aromatic carbocycles. The third kappa shape index (κ3) is 3.72. The van der Waals surface area contributed by atoms with Crippen LogP contribution in [0, 0.1) is 0 Å². The summed E-state index contributed by atoms with van der Waals surface area (Å²) in [5.41, 5.74) is 3.55. The van der Waals surface area contributed by atoms with Gasteiger partial charge in [0.15, 0.2) is 5.82 Å². The lowest BCUT2D eigenvalue weighted by atomic mass is 10.1. The predicted octanol–water partition coefficient (Wildman–Crippen LogP) is 3.33. The number of phenolic OH excluding ortho intramolecular Hbond substituents is 1. The van der Waals surface area contributed by atoms with E-state index in [0.29, 0.717) is 11.4 Å². The van der Waals surface area contributed by atoms with Gasteiger partial charge in [-0.15, -0.1) is 0 Å². The highest BCUT2D eigenvalue weighted by Crippen LogP contribution is 2.31. The standard InChI is InChI=1S/C20H24N4O/c1-4-15-17(13-14(2)3)22-19(16-7-5-6-8-18(16)25)23-20(15)24-11-9-21-10-12-24/h4-8,13,21,25H,1,9-12H2,2-3H3. The highest BCUT2D eigenvalue weighted by Gasteiger charge is 2.20. The molecule has 2 aromatic rings. The molecular weight excluding hydrogens is 312 g/mol. The van der Waals surface area contributed by atoms with Crippen LogP contribution in [-0.2, 0) is 0 Å². The highest BCUT2D eigenvalue weighted by atomic mass is 16.3. The monoisotopic (exact) mass is 336 g/mol. The first-order chi connectivity index (χ1) is 12.1. The van der Waals surface area contributed by atoms with Crippen molar-refractivity contribution in [3.8, 4) is 17.1 Å². The van der Waals surface area contributed by atoms with E-state index in [1.165, 1.54) is 0 Å². The van der Waals surface area contributed by atoms with Crippen LogP contribution < -0.4 is 10.2 Å². The topological polar surface area (TPSA) is 61.3 Å². The molecule has 1 saturated heterocycles. The average Bonchev–Trinajstić information content (AvgIpc) is 2.62. The number of benzene rings is 1. The van der Waals surface area contributed by atoms with Crippen LogP contribution in [-0.4, -0.2) is 41.3 Å². The molecule has 2 N–H and O–H groups in total. The summed E-state index contributed by atoms with van der Waals surface area (Å²) < 4.78 is 0. The Morgan fingerprint density at radius 1 is 1.20 bits per heavy atom. The van der Waals surface area contributed by atoms with Crippen molar-refractivity contribution < 1.29 is 5.11 Å². The Bertz CT molecular complexity index is 803. The zero-order valence-electron chi connectivity index (χ0n) is 14.8. The third-order valence-corrected chi connectivity index (χ3v) is 4.15. The minimum Gasteiger partial charge on any atom is -0.507 e. The normalized spacial score (nSPS) is 14.2. The number of aromatic hydroxyl groups is 1. The molecule has 0 aliphatic carbocycles. The van der Waals surface area contributed by atoms with Crippen LogP contribution in [0.3, 0.4) is 0 Å². The maximum absolute atomic E-state index is 10.2. The summed E-state index contributed by atoms with van der Waals surface area (Å²) in [6.45, 7) is 11.7. The van der Waals surface area contributed by atoms with Gasteiger partial charge in [0, 0.05) is 31.7 Å². The van der Waals surface area contributed by atoms with Crippen molar-refractivity contribution in [2.24, 2.45) is 0 Å². The molecular formula is C20H24N4O. The van der Waals surface area contributed by atoms with E-state index in [9.17, 15) is 5.11 Å². The average molecular weight is 336 g/mol. The Kier molecular flexibility index (Phi) is 5.14. The molecule has 25 heavy (non-hydrogen) atoms. The zero-order chi connectivity index (χ0) is 17.8. The van der Waals surface area contributed by atoms with Crippen molar-refractivity contribution >= 4 is 18.0 Å². The Hall–Kier alpha value is -2.66. The zero-order valence-corrected chi connectivity index (χ0v) is 14.8. The van der Waals surface area contributed by atoms with E-state index in [1.54, 1.807) is 12.1 Å². The van der Waals surface area contributed by atoms with Gasteiger partial charge in [-0.1, -0.05) is 30.4 Å². The van der Waals surface area contributed by atoms with E-state index in [2.05, 4.69) is 16.8 Å². The van der Waals surface area contributed by atoms with Crippen LogP contribution >= 0.6 is 0 Å². The molecule has 0 saturated carbocycles. The number of piperazine rings is 1. The van der Waals surface area contributed by atoms with Crippen LogP contribution in [0.1, 0.15) is 25.1 Å². The molecule has 1 aromatic heterocycles. The first-order valence-electron chi connectivity index (χ1n) is 8.53. The lowest BCUT2D eigenvalue weighted by Crippen LogP contribution is -2.44. The molecule has 0 bridgehead atoms. The van der Waals surface area contributed by atoms with E-state index in [-0.39, 0.29) is 5.75 Å². The van der Waals surface area contributed by atoms with Crippen LogP contribution in [0.15, 0.2) is 36.4 Å². The third-order valence-electron chi connectivity index (χ3n) is 4.15. The highest BCUT2D eigenvalue weighted by molar-refractivity contribution is 5.76. The molecule has 2 heterocycles. The van der Waals surface area contributed by atoms with Crippen molar-refractivity contribution in [1.82, 2.24) is 15.3 Å². The fourth-order valence-corrected chi connectivity index (χ4v) is 2.95. The number of aromatic nitrogens is 2. The number of allylic oxidation sites excluding steroid dienone is 1. The second-order valence-electron chi connectivity index (χ2n) is 6.35. The molecule has 0 spiro atoms. The summed E-state index contributed by atoms with van der Waals surface area (Å²) in [5, 5.41) is 13.6. The molecule has 0 atom stereocenters. The lowest BCUT2D eigenvalue weighted by molar-refractivity contribution is 0.477. The second kappa shape index (κ2) is 7.49. The molecule has 0 amide bonds. The van der Waals surface area contributed by atoms with E-state index in [1.807, 2.05) is 38.1 Å². The Morgan fingerprint density at radius 2 is 1.92 bits per heavy atom. The number of para-hydroxylation sites is 1. The van der Waals surface area contributed by atoms with Crippen molar-refractivity contribution in [3.63, 3.8) is 0 Å². The summed E-state index contributed by atoms with van der Waals surface area (Å²) in [5.74, 6) is 1.59. The van der Waals surface area contributed by atoms with Gasteiger partial charge < -0.3 is 15.3 Å². The van der Waals surface area contributed by atoms with Gasteiger partial charge in [-0.3, -0.25) is 0 Å². The molecule has 130 valence electrons. The van der Waals surface area contributed by atoms with E-state index in [4.69, 9.17) is 9.97 Å². The van der Waals surface area contributed by atoms with Gasteiger partial charge >= 0.3 is 0 Å². The Morgan fingerprint density at radius 3 is 2.56 bits per heavy atom. The predicted molar refractivity (Wildman–Crippen MR) is 104 cm³/mol. The molecule has 0 unspecified atom stereocenters. The van der Waals surface area contributed by atoms with E-state index >= 15 is 0 Å². The molecule has 0 radical (unpaired) electrons. The number of anilines is 1. The number of phenols is 1. The summed E-state index contributed by atoms with van der Waals surface area (Å²) in [6.07, 6.45) is 3.86. The number of nitrogens with zero attached hydrogens (tertiary/aromatic N) is 3. The minimum absolute atomic E-state index is 0.184.